The molecule has 0 aliphatic rings. The minimum Gasteiger partial charge on any atom is -0.494 e. The number of nitrogens with one attached hydrogen (secondary N) is 2. The van der Waals surface area contributed by atoms with E-state index in [1.807, 2.05) is 50.4 Å². The van der Waals surface area contributed by atoms with Gasteiger partial charge in [-0.2, -0.15) is 0 Å². The number of hydrogen-bond donors (Lipinski definition) is 2. The summed E-state index contributed by atoms with van der Waals surface area (Å²) in [5, 5.41) is 5.93. The molecule has 1 amide bonds. The summed E-state index contributed by atoms with van der Waals surface area (Å²) in [4.78, 5) is 16.0. The number of amides is 1. The highest BCUT2D eigenvalue weighted by molar-refractivity contribution is 5.75. The predicted octanol–water partition coefficient (Wildman–Crippen LogP) is 2.89. The molecule has 0 spiro atoms. The van der Waals surface area contributed by atoms with E-state index in [0.29, 0.717) is 31.2 Å². The molecule has 6 heteroatoms. The van der Waals surface area contributed by atoms with Gasteiger partial charge < -0.3 is 20.1 Å². The number of aromatic nitrogens is 1. The van der Waals surface area contributed by atoms with Crippen LogP contribution in [0.2, 0.25) is 0 Å². The number of rotatable bonds is 10. The largest absolute Gasteiger partial charge is 0.494 e. The van der Waals surface area contributed by atoms with Gasteiger partial charge in [-0.15, -0.1) is 0 Å². The lowest BCUT2D eigenvalue weighted by Crippen LogP contribution is -2.23. The molecule has 0 unspecified atom stereocenters. The Hall–Kier alpha value is -2.60. The van der Waals surface area contributed by atoms with Crippen molar-refractivity contribution in [3.8, 4) is 17.4 Å². The van der Waals surface area contributed by atoms with Crippen molar-refractivity contribution in [2.45, 2.75) is 26.3 Å². The SMILES string of the molecule is CCOc1ccc(Oc2cc(CNC(=O)CCCNC)ccn2)cc1. The first-order valence-electron chi connectivity index (χ1n) is 8.48. The Morgan fingerprint density at radius 1 is 1.16 bits per heavy atom. The van der Waals surface area contributed by atoms with Crippen LogP contribution in [0.4, 0.5) is 0 Å². The van der Waals surface area contributed by atoms with Crippen LogP contribution < -0.4 is 20.1 Å². The smallest absolute Gasteiger partial charge is 0.220 e. The molecule has 0 saturated heterocycles. The number of carbonyl (C=O) groups excluding carboxylic acids is 1. The second-order valence-electron chi connectivity index (χ2n) is 5.49. The van der Waals surface area contributed by atoms with Gasteiger partial charge in [0.2, 0.25) is 11.8 Å². The van der Waals surface area contributed by atoms with Crippen LogP contribution in [0.5, 0.6) is 17.4 Å². The van der Waals surface area contributed by atoms with Crippen LogP contribution in [0, 0.1) is 0 Å². The molecular formula is C19H25N3O3. The molecule has 2 N–H and O–H groups in total. The first kappa shape index (κ1) is 18.7. The molecule has 2 rings (SSSR count). The van der Waals surface area contributed by atoms with Gasteiger partial charge in [0.1, 0.15) is 11.5 Å². The van der Waals surface area contributed by atoms with Gasteiger partial charge >= 0.3 is 0 Å². The molecule has 2 aromatic rings. The third kappa shape index (κ3) is 6.81. The van der Waals surface area contributed by atoms with Gasteiger partial charge in [-0.05, 0) is 62.8 Å². The van der Waals surface area contributed by atoms with Gasteiger partial charge in [0.15, 0.2) is 0 Å². The Kier molecular flexibility index (Phi) is 7.72. The van der Waals surface area contributed by atoms with Crippen molar-refractivity contribution in [3.63, 3.8) is 0 Å². The summed E-state index contributed by atoms with van der Waals surface area (Å²) >= 11 is 0. The van der Waals surface area contributed by atoms with Crippen molar-refractivity contribution in [2.24, 2.45) is 0 Å². The summed E-state index contributed by atoms with van der Waals surface area (Å²) in [6, 6.07) is 11.1. The molecule has 0 fully saturated rings. The lowest BCUT2D eigenvalue weighted by Gasteiger charge is -2.09. The van der Waals surface area contributed by atoms with E-state index in [2.05, 4.69) is 15.6 Å². The van der Waals surface area contributed by atoms with Crippen LogP contribution in [-0.4, -0.2) is 31.1 Å². The van der Waals surface area contributed by atoms with Gasteiger partial charge in [0.05, 0.1) is 6.61 Å². The molecule has 1 aromatic heterocycles. The van der Waals surface area contributed by atoms with Crippen molar-refractivity contribution in [3.05, 3.63) is 48.2 Å². The van der Waals surface area contributed by atoms with E-state index >= 15 is 0 Å². The van der Waals surface area contributed by atoms with E-state index in [9.17, 15) is 4.79 Å². The maximum Gasteiger partial charge on any atom is 0.220 e. The number of nitrogens with zero attached hydrogens (tertiary/aromatic N) is 1. The van der Waals surface area contributed by atoms with Crippen molar-refractivity contribution in [2.75, 3.05) is 20.2 Å². The Morgan fingerprint density at radius 2 is 1.92 bits per heavy atom. The van der Waals surface area contributed by atoms with Crippen LogP contribution in [0.1, 0.15) is 25.3 Å². The molecule has 1 aromatic carbocycles. The van der Waals surface area contributed by atoms with Gasteiger partial charge in [-0.1, -0.05) is 0 Å². The van der Waals surface area contributed by atoms with Crippen molar-refractivity contribution in [1.82, 2.24) is 15.6 Å². The summed E-state index contributed by atoms with van der Waals surface area (Å²) in [5.41, 5.74) is 0.943. The van der Waals surface area contributed by atoms with Gasteiger partial charge in [-0.3, -0.25) is 4.79 Å². The number of ether oxygens (including phenoxy) is 2. The maximum absolute atomic E-state index is 11.8. The van der Waals surface area contributed by atoms with Gasteiger partial charge in [-0.25, -0.2) is 4.98 Å². The molecule has 0 aliphatic heterocycles. The number of benzene rings is 1. The zero-order valence-corrected chi connectivity index (χ0v) is 14.7. The van der Waals surface area contributed by atoms with Crippen molar-refractivity contribution in [1.29, 1.82) is 0 Å². The Bertz CT molecular complexity index is 659. The van der Waals surface area contributed by atoms with Crippen molar-refractivity contribution >= 4 is 5.91 Å². The standard InChI is InChI=1S/C19H25N3O3/c1-3-24-16-6-8-17(9-7-16)25-19-13-15(10-12-21-19)14-22-18(23)5-4-11-20-2/h6-10,12-13,20H,3-5,11,14H2,1-2H3,(H,22,23). The number of pyridine rings is 1. The molecule has 1 heterocycles. The van der Waals surface area contributed by atoms with E-state index in [1.165, 1.54) is 0 Å². The summed E-state index contributed by atoms with van der Waals surface area (Å²) in [6.07, 6.45) is 3.01. The first-order valence-corrected chi connectivity index (χ1v) is 8.48. The highest BCUT2D eigenvalue weighted by atomic mass is 16.5. The highest BCUT2D eigenvalue weighted by Crippen LogP contribution is 2.23. The van der Waals surface area contributed by atoms with E-state index in [1.54, 1.807) is 6.20 Å². The summed E-state index contributed by atoms with van der Waals surface area (Å²) in [7, 11) is 1.88. The molecule has 0 bridgehead atoms. The first-order chi connectivity index (χ1) is 12.2. The molecular weight excluding hydrogens is 318 g/mol. The Balaban J connectivity index is 1.86. The normalized spacial score (nSPS) is 10.3. The Labute approximate surface area is 148 Å². The van der Waals surface area contributed by atoms with Crippen LogP contribution in [0.25, 0.3) is 0 Å². The van der Waals surface area contributed by atoms with Crippen LogP contribution >= 0.6 is 0 Å². The van der Waals surface area contributed by atoms with Crippen LogP contribution in [0.15, 0.2) is 42.6 Å². The zero-order chi connectivity index (χ0) is 17.9. The molecule has 134 valence electrons. The highest BCUT2D eigenvalue weighted by Gasteiger charge is 2.04. The number of carbonyl (C=O) groups is 1. The summed E-state index contributed by atoms with van der Waals surface area (Å²) < 4.78 is 11.2. The minimum atomic E-state index is 0.0426. The van der Waals surface area contributed by atoms with E-state index in [-0.39, 0.29) is 5.91 Å². The van der Waals surface area contributed by atoms with Gasteiger partial charge in [0.25, 0.3) is 0 Å². The fourth-order valence-electron chi connectivity index (χ4n) is 2.22. The fourth-order valence-corrected chi connectivity index (χ4v) is 2.22. The molecule has 0 saturated carbocycles. The third-order valence-electron chi connectivity index (χ3n) is 3.48. The fraction of sp³-hybridized carbons (Fsp3) is 0.368. The monoisotopic (exact) mass is 343 g/mol. The molecule has 0 aliphatic carbocycles. The minimum absolute atomic E-state index is 0.0426. The Morgan fingerprint density at radius 3 is 2.64 bits per heavy atom. The quantitative estimate of drug-likeness (QED) is 0.649. The summed E-state index contributed by atoms with van der Waals surface area (Å²) in [5.74, 6) is 2.02. The van der Waals surface area contributed by atoms with E-state index in [0.717, 1.165) is 24.3 Å². The molecule has 0 atom stereocenters. The zero-order valence-electron chi connectivity index (χ0n) is 14.7. The average Bonchev–Trinajstić information content (AvgIpc) is 2.62. The molecule has 25 heavy (non-hydrogen) atoms. The molecule has 6 nitrogen and oxygen atoms in total. The van der Waals surface area contributed by atoms with Crippen molar-refractivity contribution < 1.29 is 14.3 Å². The second-order valence-corrected chi connectivity index (χ2v) is 5.49. The average molecular weight is 343 g/mol. The second kappa shape index (κ2) is 10.3. The third-order valence-corrected chi connectivity index (χ3v) is 3.48. The topological polar surface area (TPSA) is 72.5 Å². The van der Waals surface area contributed by atoms with E-state index in [4.69, 9.17) is 9.47 Å². The lowest BCUT2D eigenvalue weighted by atomic mass is 10.2. The number of hydrogen-bond acceptors (Lipinski definition) is 5. The maximum atomic E-state index is 11.8. The van der Waals surface area contributed by atoms with E-state index < -0.39 is 0 Å². The lowest BCUT2D eigenvalue weighted by molar-refractivity contribution is -0.121. The predicted molar refractivity (Wildman–Crippen MR) is 96.9 cm³/mol. The molecule has 0 radical (unpaired) electrons. The van der Waals surface area contributed by atoms with Crippen LogP contribution in [0.3, 0.4) is 0 Å². The van der Waals surface area contributed by atoms with Crippen LogP contribution in [-0.2, 0) is 11.3 Å². The van der Waals surface area contributed by atoms with Gasteiger partial charge in [0, 0.05) is 25.2 Å². The summed E-state index contributed by atoms with van der Waals surface area (Å²) in [6.45, 7) is 3.87.